The second-order valence-electron chi connectivity index (χ2n) is 4.81. The highest BCUT2D eigenvalue weighted by atomic mass is 16.6. The number of nitrogens with two attached hydrogens (primary N) is 1. The Bertz CT molecular complexity index is 459. The Morgan fingerprint density at radius 2 is 2.16 bits per heavy atom. The lowest BCUT2D eigenvalue weighted by molar-refractivity contribution is -0.384. The topological polar surface area (TPSA) is 88.5 Å². The van der Waals surface area contributed by atoms with Crippen molar-refractivity contribution in [3.05, 3.63) is 22.2 Å². The van der Waals surface area contributed by atoms with Crippen LogP contribution in [0.25, 0.3) is 0 Å². The standard InChI is InChI=1S/C12H19N5O2/c1-15(8-9-16-6-2-3-7-16)12-10(17(18)19)4-5-11(13)14-12/h4-5H,2-3,6-9H2,1H3,(H2,13,14). The minimum absolute atomic E-state index is 0.00174. The van der Waals surface area contributed by atoms with Crippen LogP contribution in [0.3, 0.4) is 0 Å². The molecule has 0 aliphatic carbocycles. The Labute approximate surface area is 112 Å². The first-order valence-electron chi connectivity index (χ1n) is 6.42. The molecule has 1 fully saturated rings. The molecule has 0 bridgehead atoms. The summed E-state index contributed by atoms with van der Waals surface area (Å²) in [5.74, 6) is 0.637. The summed E-state index contributed by atoms with van der Waals surface area (Å²) in [5.41, 5.74) is 5.61. The molecule has 0 unspecified atom stereocenters. The van der Waals surface area contributed by atoms with E-state index in [1.54, 1.807) is 4.90 Å². The van der Waals surface area contributed by atoms with Gasteiger partial charge >= 0.3 is 5.69 Å². The van der Waals surface area contributed by atoms with E-state index in [0.717, 1.165) is 19.6 Å². The number of rotatable bonds is 5. The van der Waals surface area contributed by atoms with Crippen LogP contribution in [0.15, 0.2) is 12.1 Å². The van der Waals surface area contributed by atoms with Crippen LogP contribution in [0.2, 0.25) is 0 Å². The van der Waals surface area contributed by atoms with Crippen molar-refractivity contribution in [2.24, 2.45) is 0 Å². The molecule has 0 atom stereocenters. The number of likely N-dealkylation sites (N-methyl/N-ethyl adjacent to an activating group) is 1. The van der Waals surface area contributed by atoms with Crippen LogP contribution in [0.1, 0.15) is 12.8 Å². The molecule has 1 aromatic heterocycles. The van der Waals surface area contributed by atoms with Gasteiger partial charge in [-0.3, -0.25) is 10.1 Å². The summed E-state index contributed by atoms with van der Waals surface area (Å²) >= 11 is 0. The number of hydrogen-bond donors (Lipinski definition) is 1. The van der Waals surface area contributed by atoms with Gasteiger partial charge in [0.2, 0.25) is 5.82 Å². The number of pyridine rings is 1. The van der Waals surface area contributed by atoms with Gasteiger partial charge in [-0.05, 0) is 32.0 Å². The number of aromatic nitrogens is 1. The van der Waals surface area contributed by atoms with Crippen LogP contribution >= 0.6 is 0 Å². The number of nitrogen functional groups attached to an aromatic ring is 1. The lowest BCUT2D eigenvalue weighted by Crippen LogP contribution is -2.32. The highest BCUT2D eigenvalue weighted by molar-refractivity contribution is 5.60. The molecule has 7 heteroatoms. The molecule has 0 spiro atoms. The maximum atomic E-state index is 11.0. The molecule has 0 aromatic carbocycles. The van der Waals surface area contributed by atoms with Crippen molar-refractivity contribution in [1.29, 1.82) is 0 Å². The molecule has 0 amide bonds. The second kappa shape index (κ2) is 5.83. The van der Waals surface area contributed by atoms with Gasteiger partial charge in [-0.15, -0.1) is 0 Å². The van der Waals surface area contributed by atoms with E-state index in [9.17, 15) is 10.1 Å². The van der Waals surface area contributed by atoms with E-state index < -0.39 is 4.92 Å². The summed E-state index contributed by atoms with van der Waals surface area (Å²) in [4.78, 5) is 18.8. The van der Waals surface area contributed by atoms with E-state index in [1.807, 2.05) is 7.05 Å². The fraction of sp³-hybridized carbons (Fsp3) is 0.583. The van der Waals surface area contributed by atoms with Gasteiger partial charge in [-0.2, -0.15) is 0 Å². The Morgan fingerprint density at radius 3 is 2.79 bits per heavy atom. The fourth-order valence-corrected chi connectivity index (χ4v) is 2.28. The minimum atomic E-state index is -0.422. The van der Waals surface area contributed by atoms with Gasteiger partial charge in [0.25, 0.3) is 0 Å². The van der Waals surface area contributed by atoms with Crippen molar-refractivity contribution < 1.29 is 4.92 Å². The van der Waals surface area contributed by atoms with Crippen LogP contribution in [0.5, 0.6) is 0 Å². The van der Waals surface area contributed by atoms with Gasteiger partial charge < -0.3 is 15.5 Å². The first kappa shape index (κ1) is 13.5. The van der Waals surface area contributed by atoms with Crippen LogP contribution in [-0.2, 0) is 0 Å². The van der Waals surface area contributed by atoms with Crippen molar-refractivity contribution in [2.75, 3.05) is 43.9 Å². The summed E-state index contributed by atoms with van der Waals surface area (Å²) in [5, 5.41) is 11.0. The third-order valence-electron chi connectivity index (χ3n) is 3.38. The molecular weight excluding hydrogens is 246 g/mol. The third-order valence-corrected chi connectivity index (χ3v) is 3.38. The largest absolute Gasteiger partial charge is 0.384 e. The summed E-state index contributed by atoms with van der Waals surface area (Å²) in [7, 11) is 1.81. The average Bonchev–Trinajstić information content (AvgIpc) is 2.88. The lowest BCUT2D eigenvalue weighted by Gasteiger charge is -2.22. The van der Waals surface area contributed by atoms with Gasteiger partial charge in [0.15, 0.2) is 0 Å². The molecule has 1 aliphatic rings. The molecule has 0 saturated carbocycles. The quantitative estimate of drug-likeness (QED) is 0.633. The smallest absolute Gasteiger partial charge is 0.311 e. The van der Waals surface area contributed by atoms with Crippen LogP contribution in [0, 0.1) is 10.1 Å². The van der Waals surface area contributed by atoms with E-state index in [0.29, 0.717) is 18.2 Å². The zero-order valence-corrected chi connectivity index (χ0v) is 11.1. The lowest BCUT2D eigenvalue weighted by atomic mass is 10.3. The molecule has 1 aromatic rings. The fourth-order valence-electron chi connectivity index (χ4n) is 2.28. The third kappa shape index (κ3) is 3.31. The predicted molar refractivity (Wildman–Crippen MR) is 74.2 cm³/mol. The van der Waals surface area contributed by atoms with Crippen molar-refractivity contribution in [3.8, 4) is 0 Å². The number of nitro groups is 1. The van der Waals surface area contributed by atoms with Gasteiger partial charge in [0, 0.05) is 26.2 Å². The molecule has 0 radical (unpaired) electrons. The molecule has 104 valence electrons. The van der Waals surface area contributed by atoms with E-state index in [4.69, 9.17) is 5.73 Å². The average molecular weight is 265 g/mol. The second-order valence-corrected chi connectivity index (χ2v) is 4.81. The molecule has 1 aliphatic heterocycles. The molecule has 7 nitrogen and oxygen atoms in total. The molecule has 2 heterocycles. The maximum Gasteiger partial charge on any atom is 0.311 e. The van der Waals surface area contributed by atoms with Crippen LogP contribution < -0.4 is 10.6 Å². The minimum Gasteiger partial charge on any atom is -0.384 e. The first-order chi connectivity index (χ1) is 9.08. The van der Waals surface area contributed by atoms with Gasteiger partial charge in [0.05, 0.1) is 4.92 Å². The van der Waals surface area contributed by atoms with E-state index in [1.165, 1.54) is 25.0 Å². The Kier molecular flexibility index (Phi) is 4.16. The normalized spacial score (nSPS) is 15.6. The highest BCUT2D eigenvalue weighted by Gasteiger charge is 2.20. The van der Waals surface area contributed by atoms with Crippen molar-refractivity contribution in [3.63, 3.8) is 0 Å². The first-order valence-corrected chi connectivity index (χ1v) is 6.42. The highest BCUT2D eigenvalue weighted by Crippen LogP contribution is 2.25. The molecular formula is C12H19N5O2. The Hall–Kier alpha value is -1.89. The monoisotopic (exact) mass is 265 g/mol. The summed E-state index contributed by atoms with van der Waals surface area (Å²) in [6.45, 7) is 3.82. The Balaban J connectivity index is 2.06. The van der Waals surface area contributed by atoms with Crippen molar-refractivity contribution in [1.82, 2.24) is 9.88 Å². The van der Waals surface area contributed by atoms with Gasteiger partial charge in [-0.1, -0.05) is 0 Å². The zero-order chi connectivity index (χ0) is 13.8. The SMILES string of the molecule is CN(CCN1CCCC1)c1nc(N)ccc1[N+](=O)[O-]. The van der Waals surface area contributed by atoms with Gasteiger partial charge in [-0.25, -0.2) is 4.98 Å². The molecule has 19 heavy (non-hydrogen) atoms. The van der Waals surface area contributed by atoms with E-state index >= 15 is 0 Å². The van der Waals surface area contributed by atoms with Crippen LogP contribution in [0.4, 0.5) is 17.3 Å². The molecule has 1 saturated heterocycles. The number of nitrogens with zero attached hydrogens (tertiary/aromatic N) is 4. The summed E-state index contributed by atoms with van der Waals surface area (Å²) < 4.78 is 0. The summed E-state index contributed by atoms with van der Waals surface area (Å²) in [6.07, 6.45) is 2.47. The van der Waals surface area contributed by atoms with Crippen molar-refractivity contribution in [2.45, 2.75) is 12.8 Å². The number of hydrogen-bond acceptors (Lipinski definition) is 6. The Morgan fingerprint density at radius 1 is 1.47 bits per heavy atom. The van der Waals surface area contributed by atoms with E-state index in [-0.39, 0.29) is 5.69 Å². The zero-order valence-electron chi connectivity index (χ0n) is 11.1. The van der Waals surface area contributed by atoms with Gasteiger partial charge in [0.1, 0.15) is 5.82 Å². The maximum absolute atomic E-state index is 11.0. The summed E-state index contributed by atoms with van der Waals surface area (Å²) in [6, 6.07) is 2.86. The predicted octanol–water partition coefficient (Wildman–Crippen LogP) is 1.10. The van der Waals surface area contributed by atoms with Crippen molar-refractivity contribution >= 4 is 17.3 Å². The van der Waals surface area contributed by atoms with Crippen LogP contribution in [-0.4, -0.2) is 48.0 Å². The molecule has 2 rings (SSSR count). The van der Waals surface area contributed by atoms with E-state index in [2.05, 4.69) is 9.88 Å². The molecule has 2 N–H and O–H groups in total. The number of likely N-dealkylation sites (tertiary alicyclic amines) is 1. The number of anilines is 2.